The molecule has 0 fully saturated rings. The number of carbonyl (C=O) groups excluding carboxylic acids is 3. The number of rotatable bonds is 8. The Morgan fingerprint density at radius 3 is 2.28 bits per heavy atom. The summed E-state index contributed by atoms with van der Waals surface area (Å²) < 4.78 is 56.8. The number of benzene rings is 1. The average Bonchev–Trinajstić information content (AvgIpc) is 3.12. The van der Waals surface area contributed by atoms with Crippen molar-refractivity contribution >= 4 is 23.5 Å². The summed E-state index contributed by atoms with van der Waals surface area (Å²) in [6, 6.07) is -0.917. The maximum absolute atomic E-state index is 13.6. The molecule has 1 aliphatic rings. The van der Waals surface area contributed by atoms with Crippen LogP contribution in [0.3, 0.4) is 0 Å². The van der Waals surface area contributed by atoms with Gasteiger partial charge in [0.05, 0.1) is 18.4 Å². The summed E-state index contributed by atoms with van der Waals surface area (Å²) in [6.45, 7) is 11.5. The second-order valence-corrected chi connectivity index (χ2v) is 10.0. The molecule has 0 unspecified atom stereocenters. The highest BCUT2D eigenvalue weighted by Crippen LogP contribution is 2.44. The number of carbonyl (C=O) groups is 3. The van der Waals surface area contributed by atoms with E-state index in [1.165, 1.54) is 21.0 Å². The van der Waals surface area contributed by atoms with E-state index >= 15 is 0 Å². The summed E-state index contributed by atoms with van der Waals surface area (Å²) in [5.74, 6) is -2.97. The summed E-state index contributed by atoms with van der Waals surface area (Å²) >= 11 is 0. The highest BCUT2D eigenvalue weighted by molar-refractivity contribution is 6.08. The van der Waals surface area contributed by atoms with Crippen molar-refractivity contribution in [3.05, 3.63) is 33.9 Å². The van der Waals surface area contributed by atoms with E-state index in [0.29, 0.717) is 22.4 Å². The Bertz CT molecular complexity index is 1070. The first kappa shape index (κ1) is 29.2. The lowest BCUT2D eigenvalue weighted by Crippen LogP contribution is -2.46. The minimum atomic E-state index is -5.16. The van der Waals surface area contributed by atoms with Crippen molar-refractivity contribution in [2.75, 3.05) is 12.0 Å². The molecule has 0 atom stereocenters. The van der Waals surface area contributed by atoms with Gasteiger partial charge in [0.2, 0.25) is 0 Å². The lowest BCUT2D eigenvalue weighted by molar-refractivity contribution is -0.170. The lowest BCUT2D eigenvalue weighted by Gasteiger charge is -2.32. The van der Waals surface area contributed by atoms with Gasteiger partial charge in [0.25, 0.3) is 0 Å². The van der Waals surface area contributed by atoms with E-state index in [1.807, 2.05) is 0 Å². The maximum atomic E-state index is 13.6. The quantitative estimate of drug-likeness (QED) is 0.333. The lowest BCUT2D eigenvalue weighted by atomic mass is 9.92. The van der Waals surface area contributed by atoms with Crippen molar-refractivity contribution in [2.45, 2.75) is 92.2 Å². The van der Waals surface area contributed by atoms with Gasteiger partial charge in [0.15, 0.2) is 0 Å². The summed E-state index contributed by atoms with van der Waals surface area (Å²) in [5.41, 5.74) is 1.15. The molecule has 0 saturated heterocycles. The zero-order valence-electron chi connectivity index (χ0n) is 22.0. The highest BCUT2D eigenvalue weighted by atomic mass is 19.4. The van der Waals surface area contributed by atoms with Crippen LogP contribution in [-0.2, 0) is 32.1 Å². The number of esters is 2. The van der Waals surface area contributed by atoms with Gasteiger partial charge in [0, 0.05) is 23.6 Å². The average molecular weight is 514 g/mol. The molecule has 2 rings (SSSR count). The Kier molecular flexibility index (Phi) is 8.86. The maximum Gasteiger partial charge on any atom is 0.471 e. The number of amides is 1. The van der Waals surface area contributed by atoms with Gasteiger partial charge in [-0.15, -0.1) is 0 Å². The van der Waals surface area contributed by atoms with E-state index in [9.17, 15) is 27.6 Å². The van der Waals surface area contributed by atoms with Crippen molar-refractivity contribution in [1.29, 1.82) is 0 Å². The molecule has 0 saturated carbocycles. The molecule has 36 heavy (non-hydrogen) atoms. The van der Waals surface area contributed by atoms with Gasteiger partial charge in [-0.05, 0) is 66.9 Å². The van der Waals surface area contributed by atoms with Crippen LogP contribution in [0.15, 0.2) is 11.6 Å². The molecule has 10 heteroatoms. The number of cyclic esters (lactones) is 1. The van der Waals surface area contributed by atoms with Crippen molar-refractivity contribution in [3.63, 3.8) is 0 Å². The van der Waals surface area contributed by atoms with Crippen molar-refractivity contribution in [1.82, 2.24) is 0 Å². The Labute approximate surface area is 209 Å². The van der Waals surface area contributed by atoms with E-state index in [0.717, 1.165) is 5.57 Å². The number of methoxy groups -OCH3 is 1. The molecule has 1 aromatic carbocycles. The SMILES string of the molecule is COc1c(C)c2c(c(N(C(=O)C(F)(F)F)C(C)C)c1C/C=C(\C)CCC(=O)OC(C)(C)C)C(=O)OC2. The first-order chi connectivity index (χ1) is 16.5. The van der Waals surface area contributed by atoms with E-state index < -0.39 is 29.7 Å². The fraction of sp³-hybridized carbons (Fsp3) is 0.577. The molecule has 7 nitrogen and oxygen atoms in total. The molecule has 0 aromatic heterocycles. The van der Waals surface area contributed by atoms with E-state index in [-0.39, 0.29) is 48.0 Å². The fourth-order valence-corrected chi connectivity index (χ4v) is 4.09. The van der Waals surface area contributed by atoms with Gasteiger partial charge >= 0.3 is 24.0 Å². The number of halogens is 3. The molecule has 200 valence electrons. The second-order valence-electron chi connectivity index (χ2n) is 10.0. The van der Waals surface area contributed by atoms with Crippen molar-refractivity contribution in [3.8, 4) is 5.75 Å². The van der Waals surface area contributed by atoms with Crippen LogP contribution in [-0.4, -0.2) is 42.8 Å². The number of hydrogen-bond acceptors (Lipinski definition) is 6. The molecule has 1 amide bonds. The molecule has 0 radical (unpaired) electrons. The minimum absolute atomic E-state index is 0.0607. The standard InChI is InChI=1S/C26H34F3NO6/c1-14(2)30(24(33)26(27,28)29)21-17(11-9-15(3)10-12-19(31)36-25(5,6)7)22(34-8)16(4)18-13-35-23(32)20(18)21/h9,14H,10-13H2,1-8H3/b15-9+. The number of anilines is 1. The Balaban J connectivity index is 2.60. The number of nitrogens with zero attached hydrogens (tertiary/aromatic N) is 1. The first-order valence-electron chi connectivity index (χ1n) is 11.7. The number of fused-ring (bicyclic) bond motifs is 1. The molecule has 1 heterocycles. The van der Waals surface area contributed by atoms with Gasteiger partial charge in [-0.1, -0.05) is 11.6 Å². The molecule has 0 aliphatic carbocycles. The van der Waals surface area contributed by atoms with Crippen LogP contribution in [0, 0.1) is 6.92 Å². The van der Waals surface area contributed by atoms with Gasteiger partial charge in [0.1, 0.15) is 18.0 Å². The van der Waals surface area contributed by atoms with Crippen LogP contribution in [0.5, 0.6) is 5.75 Å². The summed E-state index contributed by atoms with van der Waals surface area (Å²) in [6.07, 6.45) is -2.85. The monoisotopic (exact) mass is 513 g/mol. The third-order valence-corrected chi connectivity index (χ3v) is 5.66. The zero-order chi connectivity index (χ0) is 27.6. The van der Waals surface area contributed by atoms with Gasteiger partial charge in [-0.3, -0.25) is 9.59 Å². The van der Waals surface area contributed by atoms with Crippen LogP contribution in [0.25, 0.3) is 0 Å². The Hall–Kier alpha value is -3.04. The van der Waals surface area contributed by atoms with E-state index in [1.54, 1.807) is 40.7 Å². The van der Waals surface area contributed by atoms with Gasteiger partial charge in [-0.25, -0.2) is 4.79 Å². The van der Waals surface area contributed by atoms with Crippen LogP contribution in [0.4, 0.5) is 18.9 Å². The molecule has 1 aromatic rings. The summed E-state index contributed by atoms with van der Waals surface area (Å²) in [4.78, 5) is 37.8. The molecule has 1 aliphatic heterocycles. The number of hydrogen-bond donors (Lipinski definition) is 0. The zero-order valence-corrected chi connectivity index (χ0v) is 22.0. The number of allylic oxidation sites excluding steroid dienone is 2. The molecule has 0 N–H and O–H groups in total. The largest absolute Gasteiger partial charge is 0.496 e. The third-order valence-electron chi connectivity index (χ3n) is 5.66. The molecule has 0 bridgehead atoms. The van der Waals surface area contributed by atoms with E-state index in [2.05, 4.69) is 0 Å². The summed E-state index contributed by atoms with van der Waals surface area (Å²) in [5, 5.41) is 0. The predicted molar refractivity (Wildman–Crippen MR) is 128 cm³/mol. The first-order valence-corrected chi connectivity index (χ1v) is 11.7. The third kappa shape index (κ3) is 6.59. The molecular formula is C26H34F3NO6. The molecular weight excluding hydrogens is 479 g/mol. The smallest absolute Gasteiger partial charge is 0.471 e. The van der Waals surface area contributed by atoms with Crippen LogP contribution < -0.4 is 9.64 Å². The van der Waals surface area contributed by atoms with Crippen LogP contribution >= 0.6 is 0 Å². The fourth-order valence-electron chi connectivity index (χ4n) is 4.09. The Morgan fingerprint density at radius 2 is 1.78 bits per heavy atom. The predicted octanol–water partition coefficient (Wildman–Crippen LogP) is 5.59. The summed E-state index contributed by atoms with van der Waals surface area (Å²) in [7, 11) is 1.38. The second kappa shape index (κ2) is 10.9. The Morgan fingerprint density at radius 1 is 1.17 bits per heavy atom. The normalized spacial score (nSPS) is 14.0. The topological polar surface area (TPSA) is 82.1 Å². The van der Waals surface area contributed by atoms with Gasteiger partial charge in [-0.2, -0.15) is 13.2 Å². The number of alkyl halides is 3. The van der Waals surface area contributed by atoms with Crippen LogP contribution in [0.2, 0.25) is 0 Å². The van der Waals surface area contributed by atoms with Crippen molar-refractivity contribution < 1.29 is 41.8 Å². The minimum Gasteiger partial charge on any atom is -0.496 e. The number of ether oxygens (including phenoxy) is 3. The van der Waals surface area contributed by atoms with Crippen molar-refractivity contribution in [2.24, 2.45) is 0 Å². The molecule has 0 spiro atoms. The van der Waals surface area contributed by atoms with Crippen LogP contribution in [0.1, 0.15) is 81.4 Å². The van der Waals surface area contributed by atoms with Gasteiger partial charge < -0.3 is 19.1 Å². The van der Waals surface area contributed by atoms with E-state index in [4.69, 9.17) is 14.2 Å². The highest BCUT2D eigenvalue weighted by Gasteiger charge is 2.47.